The maximum atomic E-state index is 13.0. The van der Waals surface area contributed by atoms with Crippen LogP contribution in [-0.4, -0.2) is 68.5 Å². The highest BCUT2D eigenvalue weighted by molar-refractivity contribution is 7.45. The van der Waals surface area contributed by atoms with Crippen molar-refractivity contribution >= 4 is 13.7 Å². The lowest BCUT2D eigenvalue weighted by atomic mass is 10.0. The van der Waals surface area contributed by atoms with E-state index in [-0.39, 0.29) is 12.5 Å². The maximum absolute atomic E-state index is 13.0. The molecule has 1 amide bonds. The first kappa shape index (κ1) is 76.5. The molecule has 0 aromatic rings. The molecule has 0 radical (unpaired) electrons. The summed E-state index contributed by atoms with van der Waals surface area (Å²) in [6, 6.07) is -0.910. The van der Waals surface area contributed by atoms with E-state index in [9.17, 15) is 19.4 Å². The van der Waals surface area contributed by atoms with Gasteiger partial charge in [-0.1, -0.05) is 306 Å². The van der Waals surface area contributed by atoms with Gasteiger partial charge in [0.25, 0.3) is 7.82 Å². The molecule has 0 aliphatic carbocycles. The third-order valence-corrected chi connectivity index (χ3v) is 16.5. The van der Waals surface area contributed by atoms with Gasteiger partial charge in [-0.25, -0.2) is 0 Å². The molecule has 3 unspecified atom stereocenters. The van der Waals surface area contributed by atoms with Crippen molar-refractivity contribution in [3.05, 3.63) is 48.6 Å². The molecule has 0 bridgehead atoms. The van der Waals surface area contributed by atoms with E-state index >= 15 is 0 Å². The van der Waals surface area contributed by atoms with Crippen LogP contribution in [0.4, 0.5) is 0 Å². The van der Waals surface area contributed by atoms with Gasteiger partial charge in [-0.3, -0.25) is 9.36 Å². The average Bonchev–Trinajstić information content (AvgIpc) is 3.41. The Bertz CT molecular complexity index is 1410. The number of carbonyl (C=O) groups is 1. The first-order valence-corrected chi connectivity index (χ1v) is 35.5. The van der Waals surface area contributed by atoms with Gasteiger partial charge in [0.15, 0.2) is 0 Å². The number of aliphatic hydroxyl groups excluding tert-OH is 1. The van der Waals surface area contributed by atoms with Gasteiger partial charge >= 0.3 is 0 Å². The second-order valence-corrected chi connectivity index (χ2v) is 25.9. The van der Waals surface area contributed by atoms with E-state index in [1.54, 1.807) is 6.08 Å². The van der Waals surface area contributed by atoms with Crippen molar-refractivity contribution in [2.75, 3.05) is 40.9 Å². The number of nitrogens with one attached hydrogen (secondary N) is 1. The Morgan fingerprint density at radius 2 is 0.718 bits per heavy atom. The van der Waals surface area contributed by atoms with E-state index in [1.807, 2.05) is 27.2 Å². The SMILES string of the molecule is CCCCCCCCCC/C=C\CCCCCCCCCCCCCCCCCCCCCCCC(=O)NC(COP(=O)([O-])OCC[N+](C)(C)C)C(O)/C=C/CC/C=C/CC/C=C/CCCCCCCCCCCCCCC. The van der Waals surface area contributed by atoms with Gasteiger partial charge in [0, 0.05) is 6.42 Å². The van der Waals surface area contributed by atoms with Gasteiger partial charge in [0.2, 0.25) is 5.91 Å². The third-order valence-electron chi connectivity index (χ3n) is 15.5. The lowest BCUT2D eigenvalue weighted by molar-refractivity contribution is -0.870. The number of likely N-dealkylation sites (N-methyl/N-ethyl adjacent to an activating group) is 1. The van der Waals surface area contributed by atoms with Crippen LogP contribution in [0.25, 0.3) is 0 Å². The number of quaternary nitrogens is 1. The summed E-state index contributed by atoms with van der Waals surface area (Å²) in [7, 11) is 1.25. The van der Waals surface area contributed by atoms with Gasteiger partial charge in [-0.15, -0.1) is 0 Å². The maximum Gasteiger partial charge on any atom is 0.268 e. The molecule has 3 atom stereocenters. The van der Waals surface area contributed by atoms with E-state index in [0.29, 0.717) is 17.4 Å². The number of hydrogen-bond acceptors (Lipinski definition) is 6. The van der Waals surface area contributed by atoms with Crippen molar-refractivity contribution in [1.29, 1.82) is 0 Å². The van der Waals surface area contributed by atoms with Gasteiger partial charge in [0.1, 0.15) is 13.2 Å². The second kappa shape index (κ2) is 60.1. The Hall–Kier alpha value is -1.54. The molecule has 9 heteroatoms. The molecule has 0 rings (SSSR count). The number of allylic oxidation sites excluding steroid dienone is 7. The Morgan fingerprint density at radius 3 is 1.04 bits per heavy atom. The fourth-order valence-electron chi connectivity index (χ4n) is 10.2. The minimum atomic E-state index is -4.61. The quantitative estimate of drug-likeness (QED) is 0.0272. The molecule has 0 aromatic carbocycles. The number of rotatable bonds is 63. The van der Waals surface area contributed by atoms with Gasteiger partial charge in [-0.05, 0) is 70.6 Å². The Morgan fingerprint density at radius 1 is 0.436 bits per heavy atom. The molecule has 78 heavy (non-hydrogen) atoms. The smallest absolute Gasteiger partial charge is 0.268 e. The fourth-order valence-corrected chi connectivity index (χ4v) is 10.9. The minimum absolute atomic E-state index is 0.00809. The van der Waals surface area contributed by atoms with Crippen molar-refractivity contribution in [2.45, 2.75) is 347 Å². The van der Waals surface area contributed by atoms with Crippen molar-refractivity contribution in [1.82, 2.24) is 5.32 Å². The van der Waals surface area contributed by atoms with Gasteiger partial charge < -0.3 is 28.8 Å². The summed E-state index contributed by atoms with van der Waals surface area (Å²) in [5.41, 5.74) is 0. The van der Waals surface area contributed by atoms with Crippen LogP contribution >= 0.6 is 7.82 Å². The second-order valence-electron chi connectivity index (χ2n) is 24.5. The summed E-state index contributed by atoms with van der Waals surface area (Å²) in [5, 5.41) is 13.9. The lowest BCUT2D eigenvalue weighted by Gasteiger charge is -2.29. The molecule has 0 aromatic heterocycles. The largest absolute Gasteiger partial charge is 0.756 e. The number of carbonyl (C=O) groups excluding carboxylic acids is 1. The van der Waals surface area contributed by atoms with E-state index in [2.05, 4.69) is 55.6 Å². The van der Waals surface area contributed by atoms with E-state index in [4.69, 9.17) is 9.05 Å². The highest BCUT2D eigenvalue weighted by Gasteiger charge is 2.23. The monoisotopic (exact) mass is 1120 g/mol. The van der Waals surface area contributed by atoms with Crippen LogP contribution in [0.3, 0.4) is 0 Å². The highest BCUT2D eigenvalue weighted by atomic mass is 31.2. The number of amides is 1. The van der Waals surface area contributed by atoms with Crippen molar-refractivity contribution in [3.63, 3.8) is 0 Å². The van der Waals surface area contributed by atoms with Gasteiger partial charge in [-0.2, -0.15) is 0 Å². The zero-order valence-electron chi connectivity index (χ0n) is 52.6. The Balaban J connectivity index is 4.08. The van der Waals surface area contributed by atoms with E-state index in [1.165, 1.54) is 270 Å². The molecule has 0 spiro atoms. The van der Waals surface area contributed by atoms with E-state index in [0.717, 1.165) is 44.9 Å². The van der Waals surface area contributed by atoms with Gasteiger partial charge in [0.05, 0.1) is 39.9 Å². The van der Waals surface area contributed by atoms with Crippen LogP contribution in [-0.2, 0) is 18.4 Å². The number of hydrogen-bond donors (Lipinski definition) is 2. The molecule has 460 valence electrons. The predicted molar refractivity (Wildman–Crippen MR) is 339 cm³/mol. The van der Waals surface area contributed by atoms with Crippen LogP contribution in [0.1, 0.15) is 335 Å². The van der Waals surface area contributed by atoms with Crippen molar-refractivity contribution < 1.29 is 32.9 Å². The first-order valence-electron chi connectivity index (χ1n) is 34.0. The number of unbranched alkanes of at least 4 members (excludes halogenated alkanes) is 44. The molecule has 0 saturated heterocycles. The summed E-state index contributed by atoms with van der Waals surface area (Å²) in [4.78, 5) is 25.6. The fraction of sp³-hybridized carbons (Fsp3) is 0.870. The summed E-state index contributed by atoms with van der Waals surface area (Å²) < 4.78 is 23.4. The van der Waals surface area contributed by atoms with Crippen LogP contribution in [0.2, 0.25) is 0 Å². The zero-order chi connectivity index (χ0) is 57.0. The first-order chi connectivity index (χ1) is 38.0. The zero-order valence-corrected chi connectivity index (χ0v) is 53.5. The molecule has 0 aliphatic rings. The molecular formula is C69H133N2O6P. The molecule has 0 fully saturated rings. The Labute approximate surface area is 486 Å². The van der Waals surface area contributed by atoms with Crippen molar-refractivity contribution in [3.8, 4) is 0 Å². The van der Waals surface area contributed by atoms with Crippen LogP contribution in [0.5, 0.6) is 0 Å². The topological polar surface area (TPSA) is 108 Å². The predicted octanol–water partition coefficient (Wildman–Crippen LogP) is 20.8. The molecule has 0 saturated carbocycles. The summed E-state index contributed by atoms with van der Waals surface area (Å²) in [6.07, 6.45) is 80.9. The van der Waals surface area contributed by atoms with Crippen LogP contribution in [0, 0.1) is 0 Å². The normalized spacial score (nSPS) is 14.0. The molecule has 0 heterocycles. The highest BCUT2D eigenvalue weighted by Crippen LogP contribution is 2.38. The minimum Gasteiger partial charge on any atom is -0.756 e. The number of aliphatic hydroxyl groups is 1. The third kappa shape index (κ3) is 62.1. The summed E-state index contributed by atoms with van der Waals surface area (Å²) >= 11 is 0. The molecule has 0 aliphatic heterocycles. The summed E-state index contributed by atoms with van der Waals surface area (Å²) in [5.74, 6) is -0.205. The average molecular weight is 1120 g/mol. The molecule has 8 nitrogen and oxygen atoms in total. The van der Waals surface area contributed by atoms with Crippen molar-refractivity contribution in [2.24, 2.45) is 0 Å². The molecule has 2 N–H and O–H groups in total. The number of phosphoric acid groups is 1. The van der Waals surface area contributed by atoms with Crippen LogP contribution < -0.4 is 10.2 Å². The lowest BCUT2D eigenvalue weighted by Crippen LogP contribution is -2.45. The number of phosphoric ester groups is 1. The van der Waals surface area contributed by atoms with Crippen LogP contribution in [0.15, 0.2) is 48.6 Å². The standard InChI is InChI=1S/C69H133N2O6P/c1-6-8-10-12-14-16-18-20-22-24-26-28-30-31-32-33-34-35-36-37-38-39-41-43-45-47-49-51-53-55-57-59-61-63-69(73)70-67(66-77-78(74,75)76-65-64-71(3,4)5)68(72)62-60-58-56-54-52-50-48-46-44-42-40-29-27-25-23-21-19-17-15-13-11-9-7-2/h24,26,44,46,52,54,60,62,67-68,72H,6-23,25,27-43,45,47-51,53,55-59,61,63-66H2,1-5H3,(H-,70,73,74,75)/b26-24-,46-44+,54-52+,62-60+. The summed E-state index contributed by atoms with van der Waals surface area (Å²) in [6.45, 7) is 4.66. The molecular weight excluding hydrogens is 984 g/mol. The number of nitrogens with zero attached hydrogens (tertiary/aromatic N) is 1. The Kier molecular flexibility index (Phi) is 58.9. The van der Waals surface area contributed by atoms with E-state index < -0.39 is 26.6 Å².